The first-order valence-corrected chi connectivity index (χ1v) is 9.47. The molecule has 1 aliphatic heterocycles. The molecule has 6 heteroatoms. The van der Waals surface area contributed by atoms with Crippen LogP contribution in [0, 0.1) is 5.82 Å². The van der Waals surface area contributed by atoms with Crippen molar-refractivity contribution >= 4 is 39.5 Å². The summed E-state index contributed by atoms with van der Waals surface area (Å²) in [6.45, 7) is 4.51. The van der Waals surface area contributed by atoms with Crippen LogP contribution in [0.1, 0.15) is 19.4 Å². The summed E-state index contributed by atoms with van der Waals surface area (Å²) in [5.74, 6) is 6.59. The Bertz CT molecular complexity index is 461. The van der Waals surface area contributed by atoms with Gasteiger partial charge in [-0.05, 0) is 24.1 Å². The lowest BCUT2D eigenvalue weighted by Gasteiger charge is -2.35. The minimum absolute atomic E-state index is 0.0955. The number of nitrogens with one attached hydrogen (secondary N) is 1. The van der Waals surface area contributed by atoms with Crippen LogP contribution in [0.2, 0.25) is 0 Å². The van der Waals surface area contributed by atoms with Gasteiger partial charge in [0.1, 0.15) is 5.82 Å². The SMILES string of the molecule is CC1SCC(C(Cc2ccc(Br)cc2F)NN)SC1C. The molecular formula is C14H20BrFN2S2. The third-order valence-corrected chi connectivity index (χ3v) is 7.74. The molecule has 1 saturated heterocycles. The van der Waals surface area contributed by atoms with E-state index in [1.165, 1.54) is 6.07 Å². The molecule has 1 aromatic carbocycles. The van der Waals surface area contributed by atoms with Gasteiger partial charge in [0.15, 0.2) is 0 Å². The van der Waals surface area contributed by atoms with Gasteiger partial charge in [0.25, 0.3) is 0 Å². The van der Waals surface area contributed by atoms with E-state index in [1.54, 1.807) is 0 Å². The molecule has 1 fully saturated rings. The van der Waals surface area contributed by atoms with E-state index >= 15 is 0 Å². The number of halogens is 2. The number of hydrogen-bond acceptors (Lipinski definition) is 4. The van der Waals surface area contributed by atoms with Gasteiger partial charge in [-0.1, -0.05) is 35.8 Å². The molecule has 2 rings (SSSR count). The lowest BCUT2D eigenvalue weighted by Crippen LogP contribution is -2.47. The molecule has 4 unspecified atom stereocenters. The van der Waals surface area contributed by atoms with E-state index in [0.717, 1.165) is 10.2 Å². The predicted octanol–water partition coefficient (Wildman–Crippen LogP) is 3.59. The van der Waals surface area contributed by atoms with Crippen molar-refractivity contribution in [2.45, 2.75) is 42.1 Å². The molecule has 0 amide bonds. The van der Waals surface area contributed by atoms with E-state index in [-0.39, 0.29) is 11.9 Å². The van der Waals surface area contributed by atoms with Crippen LogP contribution in [0.5, 0.6) is 0 Å². The van der Waals surface area contributed by atoms with Crippen molar-refractivity contribution in [1.29, 1.82) is 0 Å². The first-order chi connectivity index (χ1) is 9.51. The van der Waals surface area contributed by atoms with E-state index in [4.69, 9.17) is 5.84 Å². The highest BCUT2D eigenvalue weighted by Crippen LogP contribution is 2.37. The number of nitrogens with two attached hydrogens (primary N) is 1. The monoisotopic (exact) mass is 378 g/mol. The molecule has 4 atom stereocenters. The van der Waals surface area contributed by atoms with Crippen molar-refractivity contribution in [2.24, 2.45) is 5.84 Å². The Hall–Kier alpha value is 0.250. The first-order valence-electron chi connectivity index (χ1n) is 6.68. The summed E-state index contributed by atoms with van der Waals surface area (Å²) >= 11 is 7.22. The fourth-order valence-corrected chi connectivity index (χ4v) is 5.69. The van der Waals surface area contributed by atoms with Crippen molar-refractivity contribution in [1.82, 2.24) is 5.43 Å². The lowest BCUT2D eigenvalue weighted by atomic mass is 10.0. The minimum atomic E-state index is -0.172. The number of hydrazine groups is 1. The Kier molecular flexibility index (Phi) is 6.23. The van der Waals surface area contributed by atoms with Gasteiger partial charge in [-0.2, -0.15) is 23.5 Å². The Morgan fingerprint density at radius 1 is 1.45 bits per heavy atom. The molecule has 1 aromatic rings. The van der Waals surface area contributed by atoms with Crippen LogP contribution < -0.4 is 11.3 Å². The smallest absolute Gasteiger partial charge is 0.127 e. The second-order valence-corrected chi connectivity index (χ2v) is 9.08. The summed E-state index contributed by atoms with van der Waals surface area (Å²) in [5, 5.41) is 1.68. The molecule has 0 aromatic heterocycles. The maximum Gasteiger partial charge on any atom is 0.127 e. The van der Waals surface area contributed by atoms with E-state index in [2.05, 4.69) is 35.2 Å². The number of benzene rings is 1. The molecular weight excluding hydrogens is 359 g/mol. The van der Waals surface area contributed by atoms with Crippen LogP contribution in [0.25, 0.3) is 0 Å². The third-order valence-electron chi connectivity index (χ3n) is 3.69. The van der Waals surface area contributed by atoms with Gasteiger partial charge in [-0.25, -0.2) is 4.39 Å². The fourth-order valence-electron chi connectivity index (χ4n) is 2.24. The van der Waals surface area contributed by atoms with Gasteiger partial charge in [0.2, 0.25) is 0 Å². The van der Waals surface area contributed by atoms with Gasteiger partial charge >= 0.3 is 0 Å². The Morgan fingerprint density at radius 2 is 2.20 bits per heavy atom. The first kappa shape index (κ1) is 16.6. The average Bonchev–Trinajstić information content (AvgIpc) is 2.41. The van der Waals surface area contributed by atoms with Gasteiger partial charge in [0.05, 0.1) is 0 Å². The molecule has 20 heavy (non-hydrogen) atoms. The van der Waals surface area contributed by atoms with Crippen LogP contribution in [0.3, 0.4) is 0 Å². The molecule has 1 heterocycles. The number of thioether (sulfide) groups is 2. The largest absolute Gasteiger partial charge is 0.271 e. The zero-order valence-electron chi connectivity index (χ0n) is 11.6. The zero-order chi connectivity index (χ0) is 14.7. The predicted molar refractivity (Wildman–Crippen MR) is 91.7 cm³/mol. The quantitative estimate of drug-likeness (QED) is 0.620. The molecule has 2 nitrogen and oxygen atoms in total. The topological polar surface area (TPSA) is 38.0 Å². The van der Waals surface area contributed by atoms with Crippen LogP contribution >= 0.6 is 39.5 Å². The van der Waals surface area contributed by atoms with Crippen LogP contribution in [0.15, 0.2) is 22.7 Å². The van der Waals surface area contributed by atoms with Crippen molar-refractivity contribution in [3.05, 3.63) is 34.1 Å². The van der Waals surface area contributed by atoms with Crippen molar-refractivity contribution in [3.63, 3.8) is 0 Å². The van der Waals surface area contributed by atoms with Crippen LogP contribution in [-0.2, 0) is 6.42 Å². The van der Waals surface area contributed by atoms with Gasteiger partial charge < -0.3 is 0 Å². The number of rotatable bonds is 4. The van der Waals surface area contributed by atoms with Crippen molar-refractivity contribution in [3.8, 4) is 0 Å². The average molecular weight is 379 g/mol. The standard InChI is InChI=1S/C14H20BrFN2S2/c1-8-9(2)20-14(7-19-8)13(18-17)5-10-3-4-11(15)6-12(10)16/h3-4,6,8-9,13-14,18H,5,7,17H2,1-2H3. The molecule has 0 aliphatic carbocycles. The van der Waals surface area contributed by atoms with Crippen LogP contribution in [0.4, 0.5) is 4.39 Å². The molecule has 112 valence electrons. The molecule has 0 spiro atoms. The van der Waals surface area contributed by atoms with E-state index in [1.807, 2.05) is 35.7 Å². The van der Waals surface area contributed by atoms with E-state index in [9.17, 15) is 4.39 Å². The van der Waals surface area contributed by atoms with E-state index < -0.39 is 0 Å². The van der Waals surface area contributed by atoms with Crippen LogP contribution in [-0.4, -0.2) is 27.5 Å². The molecule has 3 N–H and O–H groups in total. The molecule has 0 radical (unpaired) electrons. The van der Waals surface area contributed by atoms with E-state index in [0.29, 0.717) is 27.7 Å². The maximum atomic E-state index is 13.9. The van der Waals surface area contributed by atoms with Crippen molar-refractivity contribution < 1.29 is 4.39 Å². The highest BCUT2D eigenvalue weighted by Gasteiger charge is 2.31. The van der Waals surface area contributed by atoms with Crippen molar-refractivity contribution in [2.75, 3.05) is 5.75 Å². The highest BCUT2D eigenvalue weighted by atomic mass is 79.9. The Labute approximate surface area is 136 Å². The number of hydrogen-bond donors (Lipinski definition) is 2. The summed E-state index contributed by atoms with van der Waals surface area (Å²) in [7, 11) is 0. The van der Waals surface area contributed by atoms with Gasteiger partial charge in [-0.15, -0.1) is 0 Å². The summed E-state index contributed by atoms with van der Waals surface area (Å²) in [4.78, 5) is 0. The summed E-state index contributed by atoms with van der Waals surface area (Å²) in [5.41, 5.74) is 3.60. The van der Waals surface area contributed by atoms with Gasteiger partial charge in [-0.3, -0.25) is 11.3 Å². The second kappa shape index (κ2) is 7.49. The van der Waals surface area contributed by atoms with Gasteiger partial charge in [0, 0.05) is 32.0 Å². The highest BCUT2D eigenvalue weighted by molar-refractivity contribution is 9.10. The lowest BCUT2D eigenvalue weighted by molar-refractivity contribution is 0.505. The summed E-state index contributed by atoms with van der Waals surface area (Å²) in [6, 6.07) is 5.31. The summed E-state index contributed by atoms with van der Waals surface area (Å²) < 4.78 is 14.7. The fraction of sp³-hybridized carbons (Fsp3) is 0.571. The maximum absolute atomic E-state index is 13.9. The normalized spacial score (nSPS) is 28.4. The molecule has 0 saturated carbocycles. The third kappa shape index (κ3) is 4.13. The summed E-state index contributed by atoms with van der Waals surface area (Å²) in [6.07, 6.45) is 0.620. The minimum Gasteiger partial charge on any atom is -0.271 e. The second-order valence-electron chi connectivity index (χ2n) is 5.13. The Balaban J connectivity index is 2.05. The Morgan fingerprint density at radius 3 is 2.80 bits per heavy atom. The zero-order valence-corrected chi connectivity index (χ0v) is 14.8. The molecule has 1 aliphatic rings. The molecule has 0 bridgehead atoms.